The first kappa shape index (κ1) is 18.9. The van der Waals surface area contributed by atoms with Crippen LogP contribution >= 0.6 is 0 Å². The summed E-state index contributed by atoms with van der Waals surface area (Å²) in [5.74, 6) is 4.01. The van der Waals surface area contributed by atoms with E-state index in [1.54, 1.807) is 6.92 Å². The van der Waals surface area contributed by atoms with Gasteiger partial charge in [0.2, 0.25) is 17.7 Å². The van der Waals surface area contributed by atoms with Crippen molar-refractivity contribution < 1.29 is 13.6 Å². The van der Waals surface area contributed by atoms with Crippen LogP contribution in [0.25, 0.3) is 11.5 Å². The zero-order valence-electron chi connectivity index (χ0n) is 16.6. The van der Waals surface area contributed by atoms with Crippen LogP contribution in [0.1, 0.15) is 23.2 Å². The molecule has 0 saturated carbocycles. The molecule has 29 heavy (non-hydrogen) atoms. The Morgan fingerprint density at radius 2 is 1.69 bits per heavy atom. The van der Waals surface area contributed by atoms with E-state index in [0.29, 0.717) is 30.8 Å². The molecule has 0 N–H and O–H groups in total. The highest BCUT2D eigenvalue weighted by Crippen LogP contribution is 2.28. The largest absolute Gasteiger partial charge is 0.457 e. The summed E-state index contributed by atoms with van der Waals surface area (Å²) >= 11 is 0. The van der Waals surface area contributed by atoms with Crippen molar-refractivity contribution in [3.05, 3.63) is 77.8 Å². The van der Waals surface area contributed by atoms with Gasteiger partial charge in [0.05, 0.1) is 12.2 Å². The van der Waals surface area contributed by atoms with Crippen molar-refractivity contribution in [2.75, 3.05) is 7.05 Å². The summed E-state index contributed by atoms with van der Waals surface area (Å²) in [5, 5.41) is 7.89. The lowest BCUT2D eigenvalue weighted by Gasteiger charge is -2.12. The molecule has 0 amide bonds. The van der Waals surface area contributed by atoms with Gasteiger partial charge in [-0.3, -0.25) is 4.90 Å². The molecule has 0 aliphatic heterocycles. The van der Waals surface area contributed by atoms with E-state index in [0.717, 1.165) is 28.5 Å². The molecule has 0 aliphatic carbocycles. The third-order valence-electron chi connectivity index (χ3n) is 4.35. The summed E-state index contributed by atoms with van der Waals surface area (Å²) in [6.07, 6.45) is 0. The minimum Gasteiger partial charge on any atom is -0.457 e. The Balaban J connectivity index is 1.48. The van der Waals surface area contributed by atoms with Crippen LogP contribution in [0.4, 0.5) is 0 Å². The Bertz CT molecular complexity index is 1090. The molecule has 0 fully saturated rings. The van der Waals surface area contributed by atoms with Gasteiger partial charge < -0.3 is 13.6 Å². The van der Waals surface area contributed by atoms with Crippen LogP contribution in [0.5, 0.6) is 11.5 Å². The van der Waals surface area contributed by atoms with E-state index in [1.165, 1.54) is 0 Å². The topological polar surface area (TPSA) is 77.4 Å². The predicted molar refractivity (Wildman–Crippen MR) is 107 cm³/mol. The molecule has 7 nitrogen and oxygen atoms in total. The number of rotatable bonds is 7. The average Bonchev–Trinajstić information content (AvgIpc) is 3.28. The molecule has 0 bridgehead atoms. The number of para-hydroxylation sites is 1. The van der Waals surface area contributed by atoms with Crippen molar-refractivity contribution in [1.82, 2.24) is 20.1 Å². The second kappa shape index (κ2) is 8.28. The van der Waals surface area contributed by atoms with Crippen LogP contribution < -0.4 is 4.74 Å². The second-order valence-electron chi connectivity index (χ2n) is 6.85. The molecular formula is C22H22N4O3. The molecule has 0 aliphatic rings. The quantitative estimate of drug-likeness (QED) is 0.450. The van der Waals surface area contributed by atoms with Gasteiger partial charge >= 0.3 is 0 Å². The van der Waals surface area contributed by atoms with Gasteiger partial charge in [-0.15, -0.1) is 10.2 Å². The molecule has 0 radical (unpaired) electrons. The van der Waals surface area contributed by atoms with Gasteiger partial charge in [-0.05, 0) is 44.3 Å². The zero-order valence-corrected chi connectivity index (χ0v) is 16.6. The molecule has 0 atom stereocenters. The molecule has 2 heterocycles. The number of oxazole rings is 1. The fourth-order valence-corrected chi connectivity index (χ4v) is 2.96. The van der Waals surface area contributed by atoms with Gasteiger partial charge in [0.25, 0.3) is 0 Å². The van der Waals surface area contributed by atoms with Crippen LogP contribution in [0.2, 0.25) is 0 Å². The van der Waals surface area contributed by atoms with E-state index in [2.05, 4.69) is 20.1 Å². The van der Waals surface area contributed by atoms with Gasteiger partial charge in [-0.25, -0.2) is 4.98 Å². The summed E-state index contributed by atoms with van der Waals surface area (Å²) < 4.78 is 17.3. The lowest BCUT2D eigenvalue weighted by Crippen LogP contribution is -2.18. The average molecular weight is 390 g/mol. The fraction of sp³-hybridized carbons (Fsp3) is 0.227. The minimum absolute atomic E-state index is 0.545. The summed E-state index contributed by atoms with van der Waals surface area (Å²) in [7, 11) is 1.97. The molecule has 4 aromatic rings. The number of aryl methyl sites for hydroxylation is 2. The van der Waals surface area contributed by atoms with Crippen molar-refractivity contribution >= 4 is 0 Å². The maximum Gasteiger partial charge on any atom is 0.230 e. The predicted octanol–water partition coefficient (Wildman–Crippen LogP) is 4.77. The van der Waals surface area contributed by atoms with Crippen LogP contribution in [-0.2, 0) is 13.1 Å². The first-order valence-corrected chi connectivity index (χ1v) is 9.34. The van der Waals surface area contributed by atoms with Gasteiger partial charge in [-0.1, -0.05) is 24.3 Å². The molecule has 0 saturated heterocycles. The van der Waals surface area contributed by atoms with Gasteiger partial charge in [0.1, 0.15) is 17.3 Å². The molecule has 2 aromatic heterocycles. The molecule has 0 spiro atoms. The maximum absolute atomic E-state index is 5.92. The van der Waals surface area contributed by atoms with E-state index in [1.807, 2.05) is 68.6 Å². The highest BCUT2D eigenvalue weighted by Gasteiger charge is 2.15. The number of ether oxygens (including phenoxy) is 1. The van der Waals surface area contributed by atoms with Crippen LogP contribution in [0.15, 0.2) is 63.4 Å². The van der Waals surface area contributed by atoms with Crippen molar-refractivity contribution in [1.29, 1.82) is 0 Å². The summed E-state index contributed by atoms with van der Waals surface area (Å²) in [5.41, 5.74) is 1.73. The number of benzene rings is 2. The van der Waals surface area contributed by atoms with E-state index in [9.17, 15) is 0 Å². The Labute approximate surface area is 169 Å². The number of hydrogen-bond acceptors (Lipinski definition) is 7. The van der Waals surface area contributed by atoms with Crippen LogP contribution in [0, 0.1) is 13.8 Å². The second-order valence-corrected chi connectivity index (χ2v) is 6.85. The van der Waals surface area contributed by atoms with Gasteiger partial charge in [0.15, 0.2) is 0 Å². The Morgan fingerprint density at radius 3 is 2.45 bits per heavy atom. The number of aromatic nitrogens is 3. The van der Waals surface area contributed by atoms with Gasteiger partial charge in [-0.2, -0.15) is 0 Å². The highest BCUT2D eigenvalue weighted by atomic mass is 16.5. The lowest BCUT2D eigenvalue weighted by molar-refractivity contribution is 0.275. The SMILES string of the molecule is Cc1nnc(CN(C)Cc2nc(-c3cccc(Oc4ccccc4)c3)oc2C)o1. The Hall–Kier alpha value is -3.45. The first-order chi connectivity index (χ1) is 14.1. The third-order valence-corrected chi connectivity index (χ3v) is 4.35. The van der Waals surface area contributed by atoms with E-state index >= 15 is 0 Å². The van der Waals surface area contributed by atoms with Crippen molar-refractivity contribution in [2.45, 2.75) is 26.9 Å². The Morgan fingerprint density at radius 1 is 0.897 bits per heavy atom. The fourth-order valence-electron chi connectivity index (χ4n) is 2.96. The number of hydrogen-bond donors (Lipinski definition) is 0. The molecule has 4 rings (SSSR count). The highest BCUT2D eigenvalue weighted by molar-refractivity contribution is 5.57. The smallest absolute Gasteiger partial charge is 0.230 e. The van der Waals surface area contributed by atoms with Gasteiger partial charge in [0, 0.05) is 19.0 Å². The molecular weight excluding hydrogens is 368 g/mol. The molecule has 7 heteroatoms. The maximum atomic E-state index is 5.92. The number of nitrogens with zero attached hydrogens (tertiary/aromatic N) is 4. The van der Waals surface area contributed by atoms with Crippen molar-refractivity contribution in [2.24, 2.45) is 0 Å². The standard InChI is InChI=1S/C22H22N4O3/c1-15-20(13-26(3)14-21-25-24-16(2)28-21)23-22(27-15)17-8-7-11-19(12-17)29-18-9-5-4-6-10-18/h4-12H,13-14H2,1-3H3. The van der Waals surface area contributed by atoms with Crippen molar-refractivity contribution in [3.63, 3.8) is 0 Å². The minimum atomic E-state index is 0.545. The van der Waals surface area contributed by atoms with E-state index < -0.39 is 0 Å². The van der Waals surface area contributed by atoms with Crippen LogP contribution in [0.3, 0.4) is 0 Å². The monoisotopic (exact) mass is 390 g/mol. The Kier molecular flexibility index (Phi) is 5.39. The third kappa shape index (κ3) is 4.70. The van der Waals surface area contributed by atoms with Crippen molar-refractivity contribution in [3.8, 4) is 23.0 Å². The molecule has 0 unspecified atom stereocenters. The normalized spacial score (nSPS) is 11.2. The van der Waals surface area contributed by atoms with E-state index in [4.69, 9.17) is 13.6 Å². The summed E-state index contributed by atoms with van der Waals surface area (Å²) in [6.45, 7) is 4.85. The first-order valence-electron chi connectivity index (χ1n) is 9.34. The molecule has 2 aromatic carbocycles. The summed E-state index contributed by atoms with van der Waals surface area (Å²) in [6, 6.07) is 17.4. The van der Waals surface area contributed by atoms with Crippen LogP contribution in [-0.4, -0.2) is 27.1 Å². The van der Waals surface area contributed by atoms with E-state index in [-0.39, 0.29) is 0 Å². The summed E-state index contributed by atoms with van der Waals surface area (Å²) in [4.78, 5) is 6.74. The molecule has 148 valence electrons. The zero-order chi connectivity index (χ0) is 20.2. The lowest BCUT2D eigenvalue weighted by atomic mass is 10.2.